The lowest BCUT2D eigenvalue weighted by Gasteiger charge is -2.35. The lowest BCUT2D eigenvalue weighted by atomic mass is 9.93. The van der Waals surface area contributed by atoms with E-state index in [2.05, 4.69) is 20.2 Å². The SMILES string of the molecule is Cc1ccc(CNC(=O)c2cc(-c3ccccc3)cc(C(=O)N3CCN(c4nccs4)CC3)c2C)cn1. The first-order valence-electron chi connectivity index (χ1n) is 12.3. The summed E-state index contributed by atoms with van der Waals surface area (Å²) in [5.74, 6) is -0.260. The van der Waals surface area contributed by atoms with Crippen LogP contribution in [0.5, 0.6) is 0 Å². The van der Waals surface area contributed by atoms with Gasteiger partial charge in [0.25, 0.3) is 11.8 Å². The van der Waals surface area contributed by atoms with Crippen LogP contribution in [0.2, 0.25) is 0 Å². The summed E-state index contributed by atoms with van der Waals surface area (Å²) in [6, 6.07) is 17.5. The summed E-state index contributed by atoms with van der Waals surface area (Å²) in [6.45, 7) is 6.82. The van der Waals surface area contributed by atoms with E-state index in [4.69, 9.17) is 0 Å². The van der Waals surface area contributed by atoms with Gasteiger partial charge in [0.1, 0.15) is 0 Å². The van der Waals surface area contributed by atoms with Gasteiger partial charge in [-0.25, -0.2) is 4.98 Å². The Kier molecular flexibility index (Phi) is 7.28. The fourth-order valence-electron chi connectivity index (χ4n) is 4.49. The zero-order chi connectivity index (χ0) is 25.8. The molecule has 0 spiro atoms. The van der Waals surface area contributed by atoms with Gasteiger partial charge in [-0.3, -0.25) is 14.6 Å². The van der Waals surface area contributed by atoms with Crippen LogP contribution in [0.15, 0.2) is 72.4 Å². The number of amides is 2. The molecule has 0 saturated carbocycles. The average Bonchev–Trinajstić information content (AvgIpc) is 3.48. The molecule has 2 aromatic heterocycles. The fourth-order valence-corrected chi connectivity index (χ4v) is 5.19. The quantitative estimate of drug-likeness (QED) is 0.406. The van der Waals surface area contributed by atoms with Crippen LogP contribution in [0.3, 0.4) is 0 Å². The van der Waals surface area contributed by atoms with E-state index in [1.165, 1.54) is 0 Å². The number of aromatic nitrogens is 2. The summed E-state index contributed by atoms with van der Waals surface area (Å²) in [4.78, 5) is 39.9. The largest absolute Gasteiger partial charge is 0.348 e. The van der Waals surface area contributed by atoms with Crippen molar-refractivity contribution in [1.29, 1.82) is 0 Å². The second-order valence-electron chi connectivity index (χ2n) is 9.15. The molecule has 2 amide bonds. The molecule has 3 heterocycles. The summed E-state index contributed by atoms with van der Waals surface area (Å²) < 4.78 is 0. The number of carbonyl (C=O) groups is 2. The Hall–Kier alpha value is -4.04. The Balaban J connectivity index is 1.41. The number of carbonyl (C=O) groups excluding carboxylic acids is 2. The van der Waals surface area contributed by atoms with Gasteiger partial charge >= 0.3 is 0 Å². The van der Waals surface area contributed by atoms with E-state index in [1.54, 1.807) is 23.7 Å². The number of hydrogen-bond donors (Lipinski definition) is 1. The van der Waals surface area contributed by atoms with Crippen LogP contribution >= 0.6 is 11.3 Å². The van der Waals surface area contributed by atoms with Gasteiger partial charge in [-0.15, -0.1) is 11.3 Å². The van der Waals surface area contributed by atoms with Crippen LogP contribution in [-0.2, 0) is 6.54 Å². The molecule has 1 N–H and O–H groups in total. The Morgan fingerprint density at radius 3 is 2.35 bits per heavy atom. The zero-order valence-corrected chi connectivity index (χ0v) is 21.8. The molecule has 2 aromatic carbocycles. The van der Waals surface area contributed by atoms with Gasteiger partial charge in [0.2, 0.25) is 0 Å². The molecule has 1 aliphatic rings. The highest BCUT2D eigenvalue weighted by Crippen LogP contribution is 2.28. The minimum Gasteiger partial charge on any atom is -0.348 e. The molecule has 7 nitrogen and oxygen atoms in total. The molecule has 0 radical (unpaired) electrons. The number of nitrogens with one attached hydrogen (secondary N) is 1. The van der Waals surface area contributed by atoms with E-state index in [1.807, 2.05) is 78.7 Å². The lowest BCUT2D eigenvalue weighted by Crippen LogP contribution is -2.49. The normalized spacial score (nSPS) is 13.5. The Morgan fingerprint density at radius 2 is 1.68 bits per heavy atom. The zero-order valence-electron chi connectivity index (χ0n) is 21.0. The van der Waals surface area contributed by atoms with Gasteiger partial charge in [-0.05, 0) is 54.3 Å². The summed E-state index contributed by atoms with van der Waals surface area (Å²) in [6.07, 6.45) is 3.57. The van der Waals surface area contributed by atoms with Gasteiger partial charge < -0.3 is 15.1 Å². The van der Waals surface area contributed by atoms with Gasteiger partial charge in [-0.2, -0.15) is 0 Å². The minimum atomic E-state index is -0.210. The van der Waals surface area contributed by atoms with Gasteiger partial charge in [0.05, 0.1) is 0 Å². The van der Waals surface area contributed by atoms with Crippen molar-refractivity contribution in [3.63, 3.8) is 0 Å². The topological polar surface area (TPSA) is 78.4 Å². The van der Waals surface area contributed by atoms with Gasteiger partial charge in [-0.1, -0.05) is 36.4 Å². The summed E-state index contributed by atoms with van der Waals surface area (Å²) in [7, 11) is 0. The number of anilines is 1. The van der Waals surface area contributed by atoms with Crippen molar-refractivity contribution in [1.82, 2.24) is 20.2 Å². The molecule has 0 unspecified atom stereocenters. The van der Waals surface area contributed by atoms with Crippen molar-refractivity contribution >= 4 is 28.3 Å². The molecule has 8 heteroatoms. The Morgan fingerprint density at radius 1 is 0.919 bits per heavy atom. The number of aryl methyl sites for hydroxylation is 1. The average molecular weight is 512 g/mol. The maximum Gasteiger partial charge on any atom is 0.254 e. The number of hydrogen-bond acceptors (Lipinski definition) is 6. The van der Waals surface area contributed by atoms with Crippen LogP contribution in [0.25, 0.3) is 11.1 Å². The van der Waals surface area contributed by atoms with Crippen LogP contribution in [0, 0.1) is 13.8 Å². The number of rotatable bonds is 6. The van der Waals surface area contributed by atoms with Crippen LogP contribution < -0.4 is 10.2 Å². The second kappa shape index (κ2) is 10.9. The molecule has 1 fully saturated rings. The van der Waals surface area contributed by atoms with E-state index in [0.29, 0.717) is 36.3 Å². The van der Waals surface area contributed by atoms with Crippen molar-refractivity contribution < 1.29 is 9.59 Å². The molecule has 0 atom stereocenters. The summed E-state index contributed by atoms with van der Waals surface area (Å²) in [5, 5.41) is 5.95. The van der Waals surface area contributed by atoms with Gasteiger partial charge in [0, 0.05) is 67.3 Å². The van der Waals surface area contributed by atoms with Crippen molar-refractivity contribution in [2.75, 3.05) is 31.1 Å². The molecule has 1 saturated heterocycles. The molecule has 188 valence electrons. The van der Waals surface area contributed by atoms with E-state index < -0.39 is 0 Å². The lowest BCUT2D eigenvalue weighted by molar-refractivity contribution is 0.0746. The van der Waals surface area contributed by atoms with E-state index >= 15 is 0 Å². The third-order valence-electron chi connectivity index (χ3n) is 6.67. The predicted molar refractivity (Wildman–Crippen MR) is 147 cm³/mol. The van der Waals surface area contributed by atoms with Crippen molar-refractivity contribution in [2.45, 2.75) is 20.4 Å². The predicted octanol–water partition coefficient (Wildman–Crippen LogP) is 4.71. The maximum absolute atomic E-state index is 13.7. The highest BCUT2D eigenvalue weighted by molar-refractivity contribution is 7.13. The first kappa shape index (κ1) is 24.6. The van der Waals surface area contributed by atoms with Crippen molar-refractivity contribution in [2.24, 2.45) is 0 Å². The van der Waals surface area contributed by atoms with E-state index in [0.717, 1.165) is 40.6 Å². The number of thiazole rings is 1. The Bertz CT molecular complexity index is 1380. The van der Waals surface area contributed by atoms with Gasteiger partial charge in [0.15, 0.2) is 5.13 Å². The smallest absolute Gasteiger partial charge is 0.254 e. The summed E-state index contributed by atoms with van der Waals surface area (Å²) >= 11 is 1.61. The number of piperazine rings is 1. The van der Waals surface area contributed by atoms with E-state index in [9.17, 15) is 9.59 Å². The third-order valence-corrected chi connectivity index (χ3v) is 7.50. The monoisotopic (exact) mass is 511 g/mol. The van der Waals surface area contributed by atoms with Crippen LogP contribution in [-0.4, -0.2) is 52.9 Å². The number of pyridine rings is 1. The molecule has 37 heavy (non-hydrogen) atoms. The van der Waals surface area contributed by atoms with Crippen molar-refractivity contribution in [3.05, 3.63) is 100 Å². The molecule has 4 aromatic rings. The standard InChI is InChI=1S/C29H29N5O2S/c1-20-8-9-22(18-31-20)19-32-27(35)25-16-24(23-6-4-3-5-7-23)17-26(21(25)2)28(36)33-11-13-34(14-12-33)29-30-10-15-37-29/h3-10,15-18H,11-14,19H2,1-2H3,(H,32,35). The van der Waals surface area contributed by atoms with Crippen LogP contribution in [0.1, 0.15) is 37.5 Å². The number of benzene rings is 2. The van der Waals surface area contributed by atoms with E-state index in [-0.39, 0.29) is 11.8 Å². The highest BCUT2D eigenvalue weighted by atomic mass is 32.1. The molecule has 1 aliphatic heterocycles. The molecule has 5 rings (SSSR count). The Labute approximate surface area is 220 Å². The molecular weight excluding hydrogens is 482 g/mol. The first-order valence-corrected chi connectivity index (χ1v) is 13.2. The number of nitrogens with zero attached hydrogens (tertiary/aromatic N) is 4. The van der Waals surface area contributed by atoms with Crippen molar-refractivity contribution in [3.8, 4) is 11.1 Å². The highest BCUT2D eigenvalue weighted by Gasteiger charge is 2.26. The second-order valence-corrected chi connectivity index (χ2v) is 10.0. The molecular formula is C29H29N5O2S. The summed E-state index contributed by atoms with van der Waals surface area (Å²) in [5.41, 5.74) is 5.41. The third kappa shape index (κ3) is 5.54. The maximum atomic E-state index is 13.7. The van der Waals surface area contributed by atoms with Crippen LogP contribution in [0.4, 0.5) is 5.13 Å². The molecule has 0 bridgehead atoms. The first-order chi connectivity index (χ1) is 18.0. The minimum absolute atomic E-state index is 0.0501. The fraction of sp³-hybridized carbons (Fsp3) is 0.241. The molecule has 0 aliphatic carbocycles.